The van der Waals surface area contributed by atoms with Crippen molar-refractivity contribution in [3.63, 3.8) is 0 Å². The molecule has 0 aliphatic carbocycles. The quantitative estimate of drug-likeness (QED) is 0.518. The highest BCUT2D eigenvalue weighted by molar-refractivity contribution is 7.10. The lowest BCUT2D eigenvalue weighted by atomic mass is 9.88. The maximum absolute atomic E-state index is 6.39. The molecular weight excluding hydrogens is 342 g/mol. The zero-order valence-corrected chi connectivity index (χ0v) is 18.3. The molecule has 0 spiro atoms. The van der Waals surface area contributed by atoms with Gasteiger partial charge < -0.3 is 18.5 Å². The van der Waals surface area contributed by atoms with Crippen LogP contribution in [0.15, 0.2) is 0 Å². The van der Waals surface area contributed by atoms with Crippen molar-refractivity contribution in [2.45, 2.75) is 72.0 Å². The molecular formula is C18H38O4P2. The lowest BCUT2D eigenvalue weighted by Gasteiger charge is -2.40. The second-order valence-corrected chi connectivity index (χ2v) is 8.32. The van der Waals surface area contributed by atoms with E-state index in [4.69, 9.17) is 18.5 Å². The van der Waals surface area contributed by atoms with E-state index in [1.807, 2.05) is 0 Å². The Morgan fingerprint density at radius 1 is 1.08 bits per heavy atom. The van der Waals surface area contributed by atoms with Gasteiger partial charge in [-0.15, -0.1) is 0 Å². The summed E-state index contributed by atoms with van der Waals surface area (Å²) in [5, 5.41) is 0. The van der Waals surface area contributed by atoms with Gasteiger partial charge in [0.25, 0.3) is 0 Å². The molecule has 0 aromatic rings. The first kappa shape index (κ1) is 22.7. The van der Waals surface area contributed by atoms with Crippen molar-refractivity contribution in [3.05, 3.63) is 0 Å². The highest BCUT2D eigenvalue weighted by Crippen LogP contribution is 2.32. The first-order chi connectivity index (χ1) is 11.5. The fraction of sp³-hybridized carbons (Fsp3) is 1.00. The van der Waals surface area contributed by atoms with E-state index in [0.29, 0.717) is 38.3 Å². The minimum atomic E-state index is -0.248. The van der Waals surface area contributed by atoms with E-state index >= 15 is 0 Å². The number of hydrogen-bond acceptors (Lipinski definition) is 4. The molecule has 6 unspecified atom stereocenters. The summed E-state index contributed by atoms with van der Waals surface area (Å²) in [4.78, 5) is 0. The molecule has 1 fully saturated rings. The van der Waals surface area contributed by atoms with Crippen molar-refractivity contribution in [2.24, 2.45) is 17.3 Å². The summed E-state index contributed by atoms with van der Waals surface area (Å²) in [6, 6.07) is 0. The Labute approximate surface area is 153 Å². The van der Waals surface area contributed by atoms with Gasteiger partial charge in [0.15, 0.2) is 0 Å². The molecule has 24 heavy (non-hydrogen) atoms. The number of ether oxygens (including phenoxy) is 2. The highest BCUT2D eigenvalue weighted by atomic mass is 31.0. The van der Waals surface area contributed by atoms with Gasteiger partial charge in [-0.3, -0.25) is 0 Å². The van der Waals surface area contributed by atoms with Gasteiger partial charge in [-0.25, -0.2) is 0 Å². The third-order valence-corrected chi connectivity index (χ3v) is 5.56. The van der Waals surface area contributed by atoms with E-state index in [0.717, 1.165) is 19.3 Å². The summed E-state index contributed by atoms with van der Waals surface area (Å²) >= 11 is 0. The fourth-order valence-corrected chi connectivity index (χ4v) is 4.17. The summed E-state index contributed by atoms with van der Waals surface area (Å²) < 4.78 is 23.5. The largest absolute Gasteiger partial charge is 0.377 e. The minimum absolute atomic E-state index is 0.238. The van der Waals surface area contributed by atoms with Crippen molar-refractivity contribution in [3.8, 4) is 0 Å². The van der Waals surface area contributed by atoms with Gasteiger partial charge >= 0.3 is 0 Å². The molecule has 6 heteroatoms. The Kier molecular flexibility index (Phi) is 11.5. The monoisotopic (exact) mass is 380 g/mol. The van der Waals surface area contributed by atoms with E-state index in [-0.39, 0.29) is 17.6 Å². The van der Waals surface area contributed by atoms with Crippen LogP contribution in [0.4, 0.5) is 0 Å². The van der Waals surface area contributed by atoms with E-state index in [1.54, 1.807) is 0 Å². The fourth-order valence-electron chi connectivity index (χ4n) is 3.46. The highest BCUT2D eigenvalue weighted by Gasteiger charge is 2.37. The number of rotatable bonds is 10. The second-order valence-electron chi connectivity index (χ2n) is 7.66. The van der Waals surface area contributed by atoms with Gasteiger partial charge in [0.2, 0.25) is 0 Å². The maximum atomic E-state index is 6.39. The molecule has 0 amide bonds. The standard InChI is InChI=1S/C18H38O4P2/c1-5-7-14(3)8-16-9-17(15(4)6-2)20-11-18(10-19-16,12-21-23)13-22-24/h14-17H,5-13,23-24H2,1-4H3. The first-order valence-electron chi connectivity index (χ1n) is 9.36. The summed E-state index contributed by atoms with van der Waals surface area (Å²) in [5.41, 5.74) is -0.248. The molecule has 0 aromatic heterocycles. The van der Waals surface area contributed by atoms with E-state index in [2.05, 4.69) is 46.6 Å². The predicted molar refractivity (Wildman–Crippen MR) is 106 cm³/mol. The molecule has 4 nitrogen and oxygen atoms in total. The van der Waals surface area contributed by atoms with Crippen LogP contribution < -0.4 is 0 Å². The molecule has 0 radical (unpaired) electrons. The van der Waals surface area contributed by atoms with Crippen LogP contribution in [0.3, 0.4) is 0 Å². The average Bonchev–Trinajstić information content (AvgIpc) is 2.54. The SMILES string of the molecule is CCCC(C)CC1CC(C(C)CC)OCC(COP)(COP)CO1. The molecule has 1 aliphatic heterocycles. The lowest BCUT2D eigenvalue weighted by Crippen LogP contribution is -2.46. The predicted octanol–water partition coefficient (Wildman–Crippen LogP) is 4.63. The molecule has 1 saturated heterocycles. The molecule has 0 saturated carbocycles. The third-order valence-electron chi connectivity index (χ3n) is 5.23. The topological polar surface area (TPSA) is 36.9 Å². The molecule has 0 bridgehead atoms. The Hall–Kier alpha value is 0.700. The van der Waals surface area contributed by atoms with Crippen LogP contribution in [0, 0.1) is 17.3 Å². The smallest absolute Gasteiger partial charge is 0.0644 e. The zero-order chi connectivity index (χ0) is 18.0. The van der Waals surface area contributed by atoms with E-state index < -0.39 is 0 Å². The Morgan fingerprint density at radius 3 is 2.25 bits per heavy atom. The van der Waals surface area contributed by atoms with Gasteiger partial charge in [-0.1, -0.05) is 47.0 Å². The van der Waals surface area contributed by atoms with Crippen molar-refractivity contribution < 1.29 is 18.5 Å². The average molecular weight is 380 g/mol. The molecule has 144 valence electrons. The van der Waals surface area contributed by atoms with Crippen molar-refractivity contribution in [1.82, 2.24) is 0 Å². The van der Waals surface area contributed by atoms with Crippen LogP contribution in [0.25, 0.3) is 0 Å². The van der Waals surface area contributed by atoms with Crippen molar-refractivity contribution >= 4 is 18.9 Å². The second kappa shape index (κ2) is 12.2. The van der Waals surface area contributed by atoms with Crippen molar-refractivity contribution in [2.75, 3.05) is 26.4 Å². The molecule has 0 N–H and O–H groups in total. The summed E-state index contributed by atoms with van der Waals surface area (Å²) in [6.07, 6.45) is 6.18. The van der Waals surface area contributed by atoms with Crippen LogP contribution in [-0.2, 0) is 18.5 Å². The minimum Gasteiger partial charge on any atom is -0.377 e. The summed E-state index contributed by atoms with van der Waals surface area (Å²) in [5.74, 6) is 1.21. The van der Waals surface area contributed by atoms with Crippen LogP contribution in [0.5, 0.6) is 0 Å². The van der Waals surface area contributed by atoms with Crippen molar-refractivity contribution in [1.29, 1.82) is 0 Å². The molecule has 6 atom stereocenters. The molecule has 1 rings (SSSR count). The molecule has 0 aromatic carbocycles. The van der Waals surface area contributed by atoms with Crippen LogP contribution in [-0.4, -0.2) is 38.6 Å². The Bertz CT molecular complexity index is 324. The van der Waals surface area contributed by atoms with Crippen LogP contribution in [0.1, 0.15) is 59.8 Å². The third kappa shape index (κ3) is 7.52. The zero-order valence-electron chi connectivity index (χ0n) is 16.0. The van der Waals surface area contributed by atoms with Gasteiger partial charge in [-0.2, -0.15) is 0 Å². The first-order valence-corrected chi connectivity index (χ1v) is 10.3. The number of hydrogen-bond donors (Lipinski definition) is 0. The van der Waals surface area contributed by atoms with Gasteiger partial charge in [-0.05, 0) is 18.3 Å². The maximum Gasteiger partial charge on any atom is 0.0644 e. The summed E-state index contributed by atoms with van der Waals surface area (Å²) in [7, 11) is 4.68. The molecule has 1 heterocycles. The lowest BCUT2D eigenvalue weighted by molar-refractivity contribution is -0.149. The Balaban J connectivity index is 2.85. The van der Waals surface area contributed by atoms with Crippen LogP contribution in [0.2, 0.25) is 0 Å². The Morgan fingerprint density at radius 2 is 1.71 bits per heavy atom. The van der Waals surface area contributed by atoms with Gasteiger partial charge in [0.05, 0.1) is 44.1 Å². The van der Waals surface area contributed by atoms with E-state index in [9.17, 15) is 0 Å². The van der Waals surface area contributed by atoms with Crippen LogP contribution >= 0.6 is 18.9 Å². The normalized spacial score (nSPS) is 27.2. The molecule has 1 aliphatic rings. The van der Waals surface area contributed by atoms with Gasteiger partial charge in [0.1, 0.15) is 0 Å². The summed E-state index contributed by atoms with van der Waals surface area (Å²) in [6.45, 7) is 11.4. The van der Waals surface area contributed by atoms with Gasteiger partial charge in [0, 0.05) is 25.4 Å². The van der Waals surface area contributed by atoms with E-state index in [1.165, 1.54) is 12.8 Å².